The van der Waals surface area contributed by atoms with Crippen LogP contribution in [-0.4, -0.2) is 31.3 Å². The van der Waals surface area contributed by atoms with Crippen LogP contribution in [0.15, 0.2) is 53.3 Å². The molecule has 0 aliphatic heterocycles. The number of para-hydroxylation sites is 3. The zero-order valence-corrected chi connectivity index (χ0v) is 16.1. The Labute approximate surface area is 165 Å². The molecule has 0 radical (unpaired) electrons. The number of aromatic amines is 1. The molecule has 3 heterocycles. The summed E-state index contributed by atoms with van der Waals surface area (Å²) in [6.45, 7) is 3.95. The monoisotopic (exact) mass is 385 g/mol. The van der Waals surface area contributed by atoms with Crippen LogP contribution in [-0.2, 0) is 0 Å². The van der Waals surface area contributed by atoms with Gasteiger partial charge in [0.1, 0.15) is 16.7 Å². The van der Waals surface area contributed by atoms with Crippen LogP contribution in [0.1, 0.15) is 30.6 Å². The zero-order chi connectivity index (χ0) is 20.1. The second-order valence-electron chi connectivity index (χ2n) is 7.20. The van der Waals surface area contributed by atoms with Crippen molar-refractivity contribution in [1.29, 1.82) is 0 Å². The summed E-state index contributed by atoms with van der Waals surface area (Å²) < 4.78 is 1.82. The third kappa shape index (κ3) is 2.58. The van der Waals surface area contributed by atoms with Gasteiger partial charge in [0.25, 0.3) is 11.5 Å². The number of amides is 1. The van der Waals surface area contributed by atoms with Gasteiger partial charge in [0, 0.05) is 6.04 Å². The largest absolute Gasteiger partial charge is 0.349 e. The first-order valence-electron chi connectivity index (χ1n) is 9.61. The van der Waals surface area contributed by atoms with E-state index in [2.05, 4.69) is 10.3 Å². The van der Waals surface area contributed by atoms with Crippen LogP contribution in [0.25, 0.3) is 38.7 Å². The maximum Gasteiger partial charge on any atom is 0.258 e. The minimum Gasteiger partial charge on any atom is -0.349 e. The molecule has 0 saturated carbocycles. The van der Waals surface area contributed by atoms with Crippen LogP contribution in [0.4, 0.5) is 0 Å². The minimum atomic E-state index is -0.276. The SMILES string of the molecule is CC[C@H](C)NC(=O)c1c2nc3ccccc3nc2n2c1[nH]c(=O)c1ccccc12. The van der Waals surface area contributed by atoms with E-state index >= 15 is 0 Å². The smallest absolute Gasteiger partial charge is 0.258 e. The number of benzene rings is 2. The van der Waals surface area contributed by atoms with Crippen LogP contribution >= 0.6 is 0 Å². The summed E-state index contributed by atoms with van der Waals surface area (Å²) in [6, 6.07) is 14.8. The Morgan fingerprint density at radius 1 is 1.10 bits per heavy atom. The minimum absolute atomic E-state index is 0.00639. The average Bonchev–Trinajstić information content (AvgIpc) is 3.05. The predicted molar refractivity (Wildman–Crippen MR) is 113 cm³/mol. The predicted octanol–water partition coefficient (Wildman–Crippen LogP) is 3.41. The molecule has 0 unspecified atom stereocenters. The number of H-pyrrole nitrogens is 1. The van der Waals surface area contributed by atoms with Gasteiger partial charge >= 0.3 is 0 Å². The van der Waals surface area contributed by atoms with E-state index in [0.29, 0.717) is 38.8 Å². The van der Waals surface area contributed by atoms with Gasteiger partial charge in [-0.2, -0.15) is 0 Å². The number of fused-ring (bicyclic) bond motifs is 6. The van der Waals surface area contributed by atoms with E-state index in [9.17, 15) is 9.59 Å². The maximum absolute atomic E-state index is 13.2. The lowest BCUT2D eigenvalue weighted by molar-refractivity contribution is 0.0942. The van der Waals surface area contributed by atoms with Crippen LogP contribution in [0.5, 0.6) is 0 Å². The number of aromatic nitrogens is 4. The van der Waals surface area contributed by atoms with E-state index in [4.69, 9.17) is 9.97 Å². The van der Waals surface area contributed by atoms with E-state index in [-0.39, 0.29) is 17.5 Å². The molecule has 1 atom stereocenters. The number of carbonyl (C=O) groups excluding carboxylic acids is 1. The Balaban J connectivity index is 1.99. The fraction of sp³-hybridized carbons (Fsp3) is 0.182. The molecule has 2 aromatic carbocycles. The molecule has 0 aliphatic rings. The number of rotatable bonds is 3. The van der Waals surface area contributed by atoms with Gasteiger partial charge in [-0.25, -0.2) is 9.97 Å². The van der Waals surface area contributed by atoms with Gasteiger partial charge in [0.05, 0.1) is 21.9 Å². The molecule has 0 fully saturated rings. The number of nitrogens with zero attached hydrogens (tertiary/aromatic N) is 3. The van der Waals surface area contributed by atoms with Gasteiger partial charge in [0.2, 0.25) is 0 Å². The Hall–Kier alpha value is -3.74. The molecular weight excluding hydrogens is 366 g/mol. The van der Waals surface area contributed by atoms with Gasteiger partial charge in [-0.05, 0) is 37.6 Å². The number of carbonyl (C=O) groups is 1. The van der Waals surface area contributed by atoms with Crippen molar-refractivity contribution in [3.63, 3.8) is 0 Å². The number of hydrogen-bond donors (Lipinski definition) is 2. The highest BCUT2D eigenvalue weighted by atomic mass is 16.2. The number of hydrogen-bond acceptors (Lipinski definition) is 4. The van der Waals surface area contributed by atoms with E-state index in [1.165, 1.54) is 0 Å². The lowest BCUT2D eigenvalue weighted by Crippen LogP contribution is -2.32. The molecule has 7 heteroatoms. The first-order chi connectivity index (χ1) is 14.1. The molecule has 0 aliphatic carbocycles. The summed E-state index contributed by atoms with van der Waals surface area (Å²) in [7, 11) is 0. The normalized spacial score (nSPS) is 12.8. The van der Waals surface area contributed by atoms with Crippen molar-refractivity contribution < 1.29 is 4.79 Å². The third-order valence-electron chi connectivity index (χ3n) is 5.30. The van der Waals surface area contributed by atoms with E-state index < -0.39 is 0 Å². The maximum atomic E-state index is 13.2. The lowest BCUT2D eigenvalue weighted by Gasteiger charge is -2.11. The number of nitrogens with one attached hydrogen (secondary N) is 2. The molecule has 1 amide bonds. The summed E-state index contributed by atoms with van der Waals surface area (Å²) in [4.78, 5) is 38.3. The third-order valence-corrected chi connectivity index (χ3v) is 5.30. The van der Waals surface area contributed by atoms with Crippen molar-refractivity contribution in [3.05, 3.63) is 64.4 Å². The second kappa shape index (κ2) is 6.41. The van der Waals surface area contributed by atoms with Crippen LogP contribution in [0.2, 0.25) is 0 Å². The summed E-state index contributed by atoms with van der Waals surface area (Å²) >= 11 is 0. The standard InChI is InChI=1S/C22H19N5O2/c1-3-12(2)23-22(29)17-18-20(25-15-10-6-5-9-14(15)24-18)27-16-11-7-4-8-13(16)21(28)26-19(17)27/h4-12H,3H2,1-2H3,(H,23,29)(H,26,28)/t12-/m0/s1. The highest BCUT2D eigenvalue weighted by molar-refractivity contribution is 6.13. The quantitative estimate of drug-likeness (QED) is 0.498. The van der Waals surface area contributed by atoms with Crippen LogP contribution < -0.4 is 10.9 Å². The van der Waals surface area contributed by atoms with Gasteiger partial charge in [-0.3, -0.25) is 14.0 Å². The molecular formula is C22H19N5O2. The fourth-order valence-electron chi connectivity index (χ4n) is 3.65. The molecule has 29 heavy (non-hydrogen) atoms. The van der Waals surface area contributed by atoms with E-state index in [1.54, 1.807) is 6.07 Å². The molecule has 3 aromatic heterocycles. The molecule has 144 valence electrons. The van der Waals surface area contributed by atoms with Crippen molar-refractivity contribution in [2.45, 2.75) is 26.3 Å². The lowest BCUT2D eigenvalue weighted by atomic mass is 10.2. The Morgan fingerprint density at radius 3 is 2.55 bits per heavy atom. The van der Waals surface area contributed by atoms with Crippen molar-refractivity contribution in [3.8, 4) is 0 Å². The van der Waals surface area contributed by atoms with E-state index in [0.717, 1.165) is 11.9 Å². The molecule has 5 aromatic rings. The van der Waals surface area contributed by atoms with Gasteiger partial charge in [0.15, 0.2) is 5.65 Å². The zero-order valence-electron chi connectivity index (χ0n) is 16.1. The molecule has 0 saturated heterocycles. The second-order valence-corrected chi connectivity index (χ2v) is 7.20. The average molecular weight is 385 g/mol. The summed E-state index contributed by atoms with van der Waals surface area (Å²) in [5, 5.41) is 3.52. The molecule has 7 nitrogen and oxygen atoms in total. The molecule has 0 spiro atoms. The summed E-state index contributed by atoms with van der Waals surface area (Å²) in [6.07, 6.45) is 0.795. The van der Waals surface area contributed by atoms with E-state index in [1.807, 2.05) is 60.7 Å². The van der Waals surface area contributed by atoms with Crippen molar-refractivity contribution in [2.75, 3.05) is 0 Å². The highest BCUT2D eigenvalue weighted by Gasteiger charge is 2.24. The van der Waals surface area contributed by atoms with Crippen LogP contribution in [0, 0.1) is 0 Å². The molecule has 0 bridgehead atoms. The van der Waals surface area contributed by atoms with Gasteiger partial charge in [-0.1, -0.05) is 31.2 Å². The van der Waals surface area contributed by atoms with Crippen molar-refractivity contribution in [2.24, 2.45) is 0 Å². The summed E-state index contributed by atoms with van der Waals surface area (Å²) in [5.41, 5.74) is 3.60. The molecule has 5 rings (SSSR count). The van der Waals surface area contributed by atoms with Crippen LogP contribution in [0.3, 0.4) is 0 Å². The Kier molecular flexibility index (Phi) is 3.84. The Morgan fingerprint density at radius 2 is 1.79 bits per heavy atom. The topological polar surface area (TPSA) is 92.2 Å². The highest BCUT2D eigenvalue weighted by Crippen LogP contribution is 2.27. The summed E-state index contributed by atoms with van der Waals surface area (Å²) in [5.74, 6) is -0.276. The van der Waals surface area contributed by atoms with Crippen molar-refractivity contribution >= 4 is 44.7 Å². The molecule has 2 N–H and O–H groups in total. The van der Waals surface area contributed by atoms with Gasteiger partial charge < -0.3 is 10.3 Å². The van der Waals surface area contributed by atoms with Gasteiger partial charge in [-0.15, -0.1) is 0 Å². The fourth-order valence-corrected chi connectivity index (χ4v) is 3.65. The first kappa shape index (κ1) is 17.4. The van der Waals surface area contributed by atoms with Crippen molar-refractivity contribution in [1.82, 2.24) is 24.7 Å². The first-order valence-corrected chi connectivity index (χ1v) is 9.61. The Bertz CT molecular complexity index is 1480.